The van der Waals surface area contributed by atoms with E-state index in [2.05, 4.69) is 26.8 Å². The van der Waals surface area contributed by atoms with E-state index in [1.165, 1.54) is 11.5 Å². The third-order valence-corrected chi connectivity index (χ3v) is 5.24. The smallest absolute Gasteiger partial charge is 0.265 e. The van der Waals surface area contributed by atoms with Crippen LogP contribution in [-0.4, -0.2) is 32.6 Å². The van der Waals surface area contributed by atoms with E-state index < -0.39 is 0 Å². The van der Waals surface area contributed by atoms with Gasteiger partial charge in [-0.15, -0.1) is 5.10 Å². The molecule has 6 nitrogen and oxygen atoms in total. The van der Waals surface area contributed by atoms with Gasteiger partial charge in [0, 0.05) is 18.3 Å². The molecule has 0 saturated heterocycles. The van der Waals surface area contributed by atoms with Crippen LogP contribution in [0.4, 0.5) is 0 Å². The number of nitrogens with one attached hydrogen (secondary N) is 1. The fourth-order valence-corrected chi connectivity index (χ4v) is 3.68. The molecule has 0 atom stereocenters. The van der Waals surface area contributed by atoms with Gasteiger partial charge in [0.2, 0.25) is 5.88 Å². The van der Waals surface area contributed by atoms with Crippen molar-refractivity contribution in [1.82, 2.24) is 19.9 Å². The molecular weight excluding hydrogens is 360 g/mol. The minimum atomic E-state index is -0.0535. The van der Waals surface area contributed by atoms with E-state index >= 15 is 0 Å². The highest BCUT2D eigenvalue weighted by Crippen LogP contribution is 2.24. The summed E-state index contributed by atoms with van der Waals surface area (Å²) in [6, 6.07) is 3.72. The summed E-state index contributed by atoms with van der Waals surface area (Å²) in [5, 5.41) is 7.77. The quantitative estimate of drug-likeness (QED) is 0.827. The number of halogens is 1. The number of carbonyl (C=O) groups is 1. The SMILES string of the molecule is CCCc1nnsc1C(=O)NC1CCC(Oc2ccc(Cl)cn2)CC1. The summed E-state index contributed by atoms with van der Waals surface area (Å²) in [5.41, 5.74) is 0.802. The number of amides is 1. The summed E-state index contributed by atoms with van der Waals surface area (Å²) >= 11 is 7.00. The summed E-state index contributed by atoms with van der Waals surface area (Å²) in [7, 11) is 0. The van der Waals surface area contributed by atoms with Crippen LogP contribution in [-0.2, 0) is 6.42 Å². The Morgan fingerprint density at radius 1 is 1.36 bits per heavy atom. The number of nitrogens with zero attached hydrogens (tertiary/aromatic N) is 3. The van der Waals surface area contributed by atoms with Crippen LogP contribution in [0, 0.1) is 0 Å². The molecular formula is C17H21ClN4O2S. The molecule has 3 rings (SSSR count). The number of pyridine rings is 1. The molecule has 25 heavy (non-hydrogen) atoms. The van der Waals surface area contributed by atoms with E-state index in [0.29, 0.717) is 15.8 Å². The highest BCUT2D eigenvalue weighted by atomic mass is 35.5. The second kappa shape index (κ2) is 8.58. The summed E-state index contributed by atoms with van der Waals surface area (Å²) in [6.45, 7) is 2.07. The van der Waals surface area contributed by atoms with Gasteiger partial charge in [0.1, 0.15) is 11.0 Å². The number of aryl methyl sites for hydroxylation is 1. The maximum absolute atomic E-state index is 12.4. The Hall–Kier alpha value is -1.73. The topological polar surface area (TPSA) is 77.0 Å². The number of carbonyl (C=O) groups excluding carboxylic acids is 1. The predicted octanol–water partition coefficient (Wildman–Crippen LogP) is 3.66. The van der Waals surface area contributed by atoms with Crippen LogP contribution in [0.25, 0.3) is 0 Å². The molecule has 1 N–H and O–H groups in total. The molecule has 1 aliphatic carbocycles. The summed E-state index contributed by atoms with van der Waals surface area (Å²) in [5.74, 6) is 0.541. The van der Waals surface area contributed by atoms with Gasteiger partial charge >= 0.3 is 0 Å². The summed E-state index contributed by atoms with van der Waals surface area (Å²) in [4.78, 5) is 17.2. The lowest BCUT2D eigenvalue weighted by atomic mass is 9.93. The number of rotatable bonds is 6. The van der Waals surface area contributed by atoms with Gasteiger partial charge in [-0.1, -0.05) is 29.4 Å². The monoisotopic (exact) mass is 380 g/mol. The maximum atomic E-state index is 12.4. The lowest BCUT2D eigenvalue weighted by Gasteiger charge is -2.29. The number of ether oxygens (including phenoxy) is 1. The lowest BCUT2D eigenvalue weighted by molar-refractivity contribution is 0.0893. The second-order valence-electron chi connectivity index (χ2n) is 6.18. The number of hydrogen-bond donors (Lipinski definition) is 1. The van der Waals surface area contributed by atoms with Crippen molar-refractivity contribution in [2.24, 2.45) is 0 Å². The van der Waals surface area contributed by atoms with E-state index in [1.54, 1.807) is 18.3 Å². The zero-order chi connectivity index (χ0) is 17.6. The molecule has 0 aromatic carbocycles. The first kappa shape index (κ1) is 18.1. The minimum Gasteiger partial charge on any atom is -0.474 e. The van der Waals surface area contributed by atoms with Gasteiger partial charge in [0.25, 0.3) is 5.91 Å². The van der Waals surface area contributed by atoms with Crippen molar-refractivity contribution in [3.63, 3.8) is 0 Å². The zero-order valence-corrected chi connectivity index (χ0v) is 15.6. The first-order chi connectivity index (χ1) is 12.2. The molecule has 2 aromatic heterocycles. The average Bonchev–Trinajstić information content (AvgIpc) is 3.07. The Labute approximate surface area is 156 Å². The Balaban J connectivity index is 1.48. The van der Waals surface area contributed by atoms with Crippen molar-refractivity contribution in [1.29, 1.82) is 0 Å². The van der Waals surface area contributed by atoms with Crippen molar-refractivity contribution >= 4 is 29.0 Å². The van der Waals surface area contributed by atoms with Gasteiger partial charge < -0.3 is 10.1 Å². The Morgan fingerprint density at radius 2 is 2.16 bits per heavy atom. The van der Waals surface area contributed by atoms with Crippen LogP contribution < -0.4 is 10.1 Å². The van der Waals surface area contributed by atoms with Crippen LogP contribution in [0.3, 0.4) is 0 Å². The summed E-state index contributed by atoms with van der Waals surface area (Å²) in [6.07, 6.45) is 7.00. The van der Waals surface area contributed by atoms with Crippen molar-refractivity contribution in [2.45, 2.75) is 57.6 Å². The highest BCUT2D eigenvalue weighted by Gasteiger charge is 2.25. The Morgan fingerprint density at radius 3 is 2.84 bits per heavy atom. The molecule has 1 saturated carbocycles. The van der Waals surface area contributed by atoms with E-state index in [4.69, 9.17) is 16.3 Å². The van der Waals surface area contributed by atoms with Gasteiger partial charge in [-0.3, -0.25) is 4.79 Å². The summed E-state index contributed by atoms with van der Waals surface area (Å²) < 4.78 is 9.80. The lowest BCUT2D eigenvalue weighted by Crippen LogP contribution is -2.39. The van der Waals surface area contributed by atoms with Crippen LogP contribution in [0.1, 0.15) is 54.4 Å². The molecule has 0 aliphatic heterocycles. The molecule has 0 spiro atoms. The van der Waals surface area contributed by atoms with Gasteiger partial charge in [-0.2, -0.15) is 0 Å². The average molecular weight is 381 g/mol. The van der Waals surface area contributed by atoms with Crippen molar-refractivity contribution < 1.29 is 9.53 Å². The molecule has 1 aliphatic rings. The highest BCUT2D eigenvalue weighted by molar-refractivity contribution is 7.08. The van der Waals surface area contributed by atoms with Gasteiger partial charge in [0.15, 0.2) is 0 Å². The van der Waals surface area contributed by atoms with Crippen LogP contribution in [0.2, 0.25) is 5.02 Å². The Kier molecular flexibility index (Phi) is 6.20. The third-order valence-electron chi connectivity index (χ3n) is 4.25. The molecule has 2 aromatic rings. The Bertz CT molecular complexity index is 699. The number of aromatic nitrogens is 3. The van der Waals surface area contributed by atoms with Crippen molar-refractivity contribution in [3.8, 4) is 5.88 Å². The third kappa shape index (κ3) is 4.89. The standard InChI is InChI=1S/C17H21ClN4O2S/c1-2-3-14-16(25-22-21-14)17(23)20-12-5-7-13(8-6-12)24-15-9-4-11(18)10-19-15/h4,9-10,12-13H,2-3,5-8H2,1H3,(H,20,23). The van der Waals surface area contributed by atoms with Crippen LogP contribution in [0.15, 0.2) is 18.3 Å². The molecule has 0 unspecified atom stereocenters. The largest absolute Gasteiger partial charge is 0.474 e. The molecule has 2 heterocycles. The molecule has 0 bridgehead atoms. The van der Waals surface area contributed by atoms with Crippen LogP contribution in [0.5, 0.6) is 5.88 Å². The molecule has 1 amide bonds. The molecule has 134 valence electrons. The first-order valence-electron chi connectivity index (χ1n) is 8.56. The van der Waals surface area contributed by atoms with Gasteiger partial charge in [0.05, 0.1) is 10.7 Å². The van der Waals surface area contributed by atoms with Gasteiger partial charge in [-0.05, 0) is 49.7 Å². The molecule has 1 fully saturated rings. The normalized spacial score (nSPS) is 20.2. The van der Waals surface area contributed by atoms with E-state index in [1.807, 2.05) is 0 Å². The predicted molar refractivity (Wildman–Crippen MR) is 97.3 cm³/mol. The molecule has 0 radical (unpaired) electrons. The van der Waals surface area contributed by atoms with Crippen molar-refractivity contribution in [2.75, 3.05) is 0 Å². The van der Waals surface area contributed by atoms with E-state index in [9.17, 15) is 4.79 Å². The maximum Gasteiger partial charge on any atom is 0.265 e. The zero-order valence-electron chi connectivity index (χ0n) is 14.1. The number of hydrogen-bond acceptors (Lipinski definition) is 6. The second-order valence-corrected chi connectivity index (χ2v) is 7.37. The van der Waals surface area contributed by atoms with E-state index in [0.717, 1.165) is 44.2 Å². The fourth-order valence-electron chi connectivity index (χ4n) is 2.96. The van der Waals surface area contributed by atoms with Crippen molar-refractivity contribution in [3.05, 3.63) is 33.9 Å². The minimum absolute atomic E-state index is 0.0535. The van der Waals surface area contributed by atoms with Crippen LogP contribution >= 0.6 is 23.1 Å². The molecule has 8 heteroatoms. The van der Waals surface area contributed by atoms with Gasteiger partial charge in [-0.25, -0.2) is 4.98 Å². The fraction of sp³-hybridized carbons (Fsp3) is 0.529. The van der Waals surface area contributed by atoms with E-state index in [-0.39, 0.29) is 18.1 Å². The first-order valence-corrected chi connectivity index (χ1v) is 9.71.